The predicted octanol–water partition coefficient (Wildman–Crippen LogP) is 2.93. The maximum atomic E-state index is 13.7. The molecule has 0 fully saturated rings. The van der Waals surface area contributed by atoms with Crippen LogP contribution in [0.3, 0.4) is 0 Å². The molecule has 1 aromatic heterocycles. The van der Waals surface area contributed by atoms with E-state index in [0.29, 0.717) is 24.3 Å². The van der Waals surface area contributed by atoms with Crippen LogP contribution in [0.5, 0.6) is 0 Å². The molecule has 0 aliphatic carbocycles. The molecule has 0 spiro atoms. The zero-order valence-corrected chi connectivity index (χ0v) is 12.0. The molecular weight excluding hydrogens is 273 g/mol. The van der Waals surface area contributed by atoms with E-state index in [-0.39, 0.29) is 11.7 Å². The van der Waals surface area contributed by atoms with Crippen molar-refractivity contribution in [3.8, 4) is 11.3 Å². The molecule has 1 N–H and O–H groups in total. The molecule has 1 unspecified atom stereocenters. The molecule has 2 aromatic rings. The van der Waals surface area contributed by atoms with Crippen LogP contribution in [-0.2, 0) is 0 Å². The maximum Gasteiger partial charge on any atom is 0.289 e. The van der Waals surface area contributed by atoms with Crippen molar-refractivity contribution in [3.63, 3.8) is 0 Å². The van der Waals surface area contributed by atoms with Gasteiger partial charge in [-0.05, 0) is 37.6 Å². The largest absolute Gasteiger partial charge is 0.451 e. The molecule has 112 valence electrons. The Morgan fingerprint density at radius 3 is 2.71 bits per heavy atom. The van der Waals surface area contributed by atoms with E-state index in [2.05, 4.69) is 0 Å². The molecule has 1 amide bonds. The van der Waals surface area contributed by atoms with Crippen LogP contribution in [-0.4, -0.2) is 35.6 Å². The minimum atomic E-state index is -0.467. The summed E-state index contributed by atoms with van der Waals surface area (Å²) < 4.78 is 19.1. The van der Waals surface area contributed by atoms with Crippen molar-refractivity contribution in [1.82, 2.24) is 4.90 Å². The Morgan fingerprint density at radius 2 is 2.05 bits per heavy atom. The molecule has 0 aliphatic rings. The van der Waals surface area contributed by atoms with E-state index in [4.69, 9.17) is 4.42 Å². The first-order valence-electron chi connectivity index (χ1n) is 6.77. The van der Waals surface area contributed by atoms with E-state index in [0.717, 1.165) is 0 Å². The van der Waals surface area contributed by atoms with Gasteiger partial charge in [-0.15, -0.1) is 0 Å². The van der Waals surface area contributed by atoms with Gasteiger partial charge in [0, 0.05) is 13.6 Å². The Kier molecular flexibility index (Phi) is 4.75. The third-order valence-electron chi connectivity index (χ3n) is 3.19. The standard InChI is InChI=1S/C16H18FNO3/c1-11(19)9-10-18(2)16(20)15-8-7-14(21-15)12-5-3-4-6-13(12)17/h3-8,11,19H,9-10H2,1-2H3. The Balaban J connectivity index is 2.13. The molecule has 0 aliphatic heterocycles. The number of hydrogen-bond donors (Lipinski definition) is 1. The second kappa shape index (κ2) is 6.54. The minimum Gasteiger partial charge on any atom is -0.451 e. The summed E-state index contributed by atoms with van der Waals surface area (Å²) in [6.45, 7) is 2.09. The maximum absolute atomic E-state index is 13.7. The summed E-state index contributed by atoms with van der Waals surface area (Å²) in [5.41, 5.74) is 0.322. The van der Waals surface area contributed by atoms with Crippen molar-refractivity contribution >= 4 is 5.91 Å². The van der Waals surface area contributed by atoms with Crippen molar-refractivity contribution in [2.45, 2.75) is 19.4 Å². The number of aliphatic hydroxyl groups is 1. The van der Waals surface area contributed by atoms with Gasteiger partial charge in [-0.3, -0.25) is 4.79 Å². The first kappa shape index (κ1) is 15.3. The number of halogens is 1. The molecule has 21 heavy (non-hydrogen) atoms. The molecule has 0 saturated heterocycles. The lowest BCUT2D eigenvalue weighted by atomic mass is 10.1. The summed E-state index contributed by atoms with van der Waals surface area (Å²) in [5.74, 6) is -0.215. The molecule has 1 heterocycles. The Hall–Kier alpha value is -2.14. The lowest BCUT2D eigenvalue weighted by molar-refractivity contribution is 0.0738. The third kappa shape index (κ3) is 3.70. The number of nitrogens with zero attached hydrogens (tertiary/aromatic N) is 1. The van der Waals surface area contributed by atoms with Gasteiger partial charge in [0.1, 0.15) is 11.6 Å². The Bertz CT molecular complexity index is 621. The lowest BCUT2D eigenvalue weighted by Gasteiger charge is -2.16. The fraction of sp³-hybridized carbons (Fsp3) is 0.312. The number of carbonyl (C=O) groups excluding carboxylic acids is 1. The van der Waals surface area contributed by atoms with Crippen molar-refractivity contribution in [3.05, 3.63) is 48.0 Å². The lowest BCUT2D eigenvalue weighted by Crippen LogP contribution is -2.29. The number of aliphatic hydroxyl groups excluding tert-OH is 1. The van der Waals surface area contributed by atoms with E-state index in [9.17, 15) is 14.3 Å². The molecule has 4 nitrogen and oxygen atoms in total. The van der Waals surface area contributed by atoms with Crippen molar-refractivity contribution < 1.29 is 18.7 Å². The van der Waals surface area contributed by atoms with Crippen molar-refractivity contribution in [1.29, 1.82) is 0 Å². The topological polar surface area (TPSA) is 53.7 Å². The van der Waals surface area contributed by atoms with Gasteiger partial charge in [0.2, 0.25) is 0 Å². The van der Waals surface area contributed by atoms with E-state index in [1.165, 1.54) is 17.0 Å². The van der Waals surface area contributed by atoms with E-state index in [1.54, 1.807) is 38.2 Å². The summed E-state index contributed by atoms with van der Waals surface area (Å²) in [4.78, 5) is 13.6. The highest BCUT2D eigenvalue weighted by Crippen LogP contribution is 2.25. The van der Waals surface area contributed by atoms with Gasteiger partial charge in [-0.2, -0.15) is 0 Å². The first-order valence-corrected chi connectivity index (χ1v) is 6.77. The van der Waals surface area contributed by atoms with Gasteiger partial charge in [0.25, 0.3) is 5.91 Å². The normalized spacial score (nSPS) is 12.2. The summed E-state index contributed by atoms with van der Waals surface area (Å²) in [6.07, 6.45) is 0.0224. The van der Waals surface area contributed by atoms with Crippen molar-refractivity contribution in [2.24, 2.45) is 0 Å². The molecule has 1 aromatic carbocycles. The summed E-state index contributed by atoms with van der Waals surface area (Å²) in [6, 6.07) is 9.35. The molecule has 0 bridgehead atoms. The number of furan rings is 1. The smallest absolute Gasteiger partial charge is 0.289 e. The zero-order valence-electron chi connectivity index (χ0n) is 12.0. The van der Waals surface area contributed by atoms with Gasteiger partial charge in [-0.25, -0.2) is 4.39 Å². The highest BCUT2D eigenvalue weighted by molar-refractivity contribution is 5.91. The van der Waals surface area contributed by atoms with Crippen LogP contribution in [0.1, 0.15) is 23.9 Å². The average molecular weight is 291 g/mol. The molecule has 1 atom stereocenters. The number of benzene rings is 1. The predicted molar refractivity (Wildman–Crippen MR) is 77.4 cm³/mol. The number of carbonyl (C=O) groups is 1. The SMILES string of the molecule is CC(O)CCN(C)C(=O)c1ccc(-c2ccccc2F)o1. The fourth-order valence-corrected chi connectivity index (χ4v) is 1.93. The summed E-state index contributed by atoms with van der Waals surface area (Å²) in [5, 5.41) is 9.23. The second-order valence-electron chi connectivity index (χ2n) is 5.01. The average Bonchev–Trinajstić information content (AvgIpc) is 2.94. The van der Waals surface area contributed by atoms with Crippen LogP contribution in [0.25, 0.3) is 11.3 Å². The monoisotopic (exact) mass is 291 g/mol. The van der Waals surface area contributed by atoms with E-state index >= 15 is 0 Å². The van der Waals surface area contributed by atoms with Gasteiger partial charge in [0.05, 0.1) is 11.7 Å². The van der Waals surface area contributed by atoms with Gasteiger partial charge >= 0.3 is 0 Å². The van der Waals surface area contributed by atoms with E-state index < -0.39 is 11.9 Å². The summed E-state index contributed by atoms with van der Waals surface area (Å²) in [7, 11) is 1.63. The van der Waals surface area contributed by atoms with Crippen LogP contribution in [0.15, 0.2) is 40.8 Å². The highest BCUT2D eigenvalue weighted by Gasteiger charge is 2.17. The number of hydrogen-bond acceptors (Lipinski definition) is 3. The summed E-state index contributed by atoms with van der Waals surface area (Å²) >= 11 is 0. The van der Waals surface area contributed by atoms with Gasteiger partial charge < -0.3 is 14.4 Å². The molecule has 5 heteroatoms. The quantitative estimate of drug-likeness (QED) is 0.921. The first-order chi connectivity index (χ1) is 9.99. The highest BCUT2D eigenvalue weighted by atomic mass is 19.1. The van der Waals surface area contributed by atoms with Crippen LogP contribution in [0.2, 0.25) is 0 Å². The molecular formula is C16H18FNO3. The van der Waals surface area contributed by atoms with Crippen LogP contribution < -0.4 is 0 Å². The fourth-order valence-electron chi connectivity index (χ4n) is 1.93. The zero-order chi connectivity index (χ0) is 15.4. The Labute approximate surface area is 122 Å². The van der Waals surface area contributed by atoms with Gasteiger partial charge in [0.15, 0.2) is 5.76 Å². The molecule has 0 radical (unpaired) electrons. The van der Waals surface area contributed by atoms with Crippen molar-refractivity contribution in [2.75, 3.05) is 13.6 Å². The van der Waals surface area contributed by atoms with Gasteiger partial charge in [-0.1, -0.05) is 12.1 Å². The van der Waals surface area contributed by atoms with Crippen LogP contribution in [0.4, 0.5) is 4.39 Å². The molecule has 0 saturated carbocycles. The third-order valence-corrected chi connectivity index (χ3v) is 3.19. The minimum absolute atomic E-state index is 0.154. The second-order valence-corrected chi connectivity index (χ2v) is 5.01. The Morgan fingerprint density at radius 1 is 1.33 bits per heavy atom. The number of amides is 1. The number of rotatable bonds is 5. The molecule has 2 rings (SSSR count). The van der Waals surface area contributed by atoms with E-state index in [1.807, 2.05) is 0 Å². The van der Waals surface area contributed by atoms with Crippen LogP contribution >= 0.6 is 0 Å². The van der Waals surface area contributed by atoms with Crippen LogP contribution in [0, 0.1) is 5.82 Å².